The molecule has 7 nitrogen and oxygen atoms in total. The average molecular weight is 467 g/mol. The zero-order valence-corrected chi connectivity index (χ0v) is 19.7. The number of nitrogens with zero attached hydrogens (tertiary/aromatic N) is 1. The number of nitrogens with one attached hydrogen (secondary N) is 1. The number of carbonyl (C=O) groups excluding carboxylic acids is 3. The van der Waals surface area contributed by atoms with E-state index < -0.39 is 17.1 Å². The van der Waals surface area contributed by atoms with Gasteiger partial charge in [-0.15, -0.1) is 0 Å². The lowest BCUT2D eigenvalue weighted by atomic mass is 10.1. The predicted molar refractivity (Wildman–Crippen MR) is 131 cm³/mol. The fourth-order valence-corrected chi connectivity index (χ4v) is 3.94. The van der Waals surface area contributed by atoms with Crippen molar-refractivity contribution in [3.8, 4) is 11.5 Å². The van der Waals surface area contributed by atoms with Crippen LogP contribution < -0.4 is 14.8 Å². The fourth-order valence-electron chi connectivity index (χ4n) is 3.10. The van der Waals surface area contributed by atoms with Crippen molar-refractivity contribution in [3.05, 3.63) is 70.6 Å². The first kappa shape index (κ1) is 24.1. The first-order chi connectivity index (χ1) is 15.8. The molecular weight excluding hydrogens is 440 g/mol. The van der Waals surface area contributed by atoms with Gasteiger partial charge in [0.2, 0.25) is 5.91 Å². The van der Waals surface area contributed by atoms with Crippen LogP contribution in [0.1, 0.15) is 23.6 Å². The van der Waals surface area contributed by atoms with Gasteiger partial charge in [-0.05, 0) is 79.6 Å². The summed E-state index contributed by atoms with van der Waals surface area (Å²) in [6, 6.07) is 10.8. The molecule has 0 spiro atoms. The van der Waals surface area contributed by atoms with Crippen LogP contribution in [0.3, 0.4) is 0 Å². The molecule has 33 heavy (non-hydrogen) atoms. The van der Waals surface area contributed by atoms with E-state index in [1.54, 1.807) is 36.4 Å². The molecule has 8 heteroatoms. The molecule has 2 aromatic rings. The standard InChI is InChI=1S/C25H26N2O5S/c1-5-11-32-20-10-8-18(13-21(20)31-6-2)14-22-24(29)27(25(30)33-22)15-23(28)26-19-9-7-16(3)17(4)12-19/h5,7-10,12-14H,1,6,11,15H2,2-4H3,(H,26,28)/b22-14+. The van der Waals surface area contributed by atoms with Crippen molar-refractivity contribution in [2.75, 3.05) is 25.1 Å². The van der Waals surface area contributed by atoms with Crippen LogP contribution in [0.15, 0.2) is 54.0 Å². The average Bonchev–Trinajstić information content (AvgIpc) is 3.03. The van der Waals surface area contributed by atoms with Crippen molar-refractivity contribution >= 4 is 40.6 Å². The monoisotopic (exact) mass is 466 g/mol. The third-order valence-electron chi connectivity index (χ3n) is 4.89. The maximum Gasteiger partial charge on any atom is 0.294 e. The van der Waals surface area contributed by atoms with E-state index in [4.69, 9.17) is 9.47 Å². The minimum Gasteiger partial charge on any atom is -0.490 e. The maximum atomic E-state index is 12.8. The molecule has 1 heterocycles. The summed E-state index contributed by atoms with van der Waals surface area (Å²) in [6.07, 6.45) is 3.24. The molecule has 3 amide bonds. The van der Waals surface area contributed by atoms with Crippen molar-refractivity contribution in [2.24, 2.45) is 0 Å². The van der Waals surface area contributed by atoms with Crippen LogP contribution in [0.2, 0.25) is 0 Å². The molecule has 0 unspecified atom stereocenters. The van der Waals surface area contributed by atoms with Gasteiger partial charge < -0.3 is 14.8 Å². The van der Waals surface area contributed by atoms with E-state index in [0.29, 0.717) is 36.0 Å². The lowest BCUT2D eigenvalue weighted by Gasteiger charge is -2.13. The first-order valence-corrected chi connectivity index (χ1v) is 11.3. The second-order valence-electron chi connectivity index (χ2n) is 7.35. The Morgan fingerprint density at radius 3 is 2.58 bits per heavy atom. The van der Waals surface area contributed by atoms with Crippen molar-refractivity contribution in [3.63, 3.8) is 0 Å². The minimum absolute atomic E-state index is 0.237. The Morgan fingerprint density at radius 1 is 1.09 bits per heavy atom. The zero-order valence-electron chi connectivity index (χ0n) is 18.8. The fraction of sp³-hybridized carbons (Fsp3) is 0.240. The largest absolute Gasteiger partial charge is 0.490 e. The Labute approximate surface area is 197 Å². The summed E-state index contributed by atoms with van der Waals surface area (Å²) in [5, 5.41) is 2.25. The van der Waals surface area contributed by atoms with Crippen molar-refractivity contribution in [1.29, 1.82) is 0 Å². The van der Waals surface area contributed by atoms with Crippen LogP contribution in [-0.2, 0) is 9.59 Å². The normalized spacial score (nSPS) is 14.5. The molecule has 1 aliphatic heterocycles. The highest BCUT2D eigenvalue weighted by Crippen LogP contribution is 2.34. The number of thioether (sulfide) groups is 1. The topological polar surface area (TPSA) is 84.9 Å². The van der Waals surface area contributed by atoms with Crippen LogP contribution in [0.4, 0.5) is 10.5 Å². The van der Waals surface area contributed by atoms with Gasteiger partial charge in [-0.2, -0.15) is 0 Å². The highest BCUT2D eigenvalue weighted by atomic mass is 32.2. The Hall–Kier alpha value is -3.52. The van der Waals surface area contributed by atoms with Gasteiger partial charge in [-0.1, -0.05) is 24.8 Å². The molecule has 0 bridgehead atoms. The van der Waals surface area contributed by atoms with Crippen molar-refractivity contribution < 1.29 is 23.9 Å². The highest BCUT2D eigenvalue weighted by Gasteiger charge is 2.36. The summed E-state index contributed by atoms with van der Waals surface area (Å²) in [5.41, 5.74) is 3.44. The number of ether oxygens (including phenoxy) is 2. The van der Waals surface area contributed by atoms with E-state index in [-0.39, 0.29) is 11.4 Å². The predicted octanol–water partition coefficient (Wildman–Crippen LogP) is 4.94. The van der Waals surface area contributed by atoms with Gasteiger partial charge in [0.1, 0.15) is 13.2 Å². The third-order valence-corrected chi connectivity index (χ3v) is 5.80. The number of benzene rings is 2. The summed E-state index contributed by atoms with van der Waals surface area (Å²) in [7, 11) is 0. The van der Waals surface area contributed by atoms with Gasteiger partial charge in [0.25, 0.3) is 11.1 Å². The second kappa shape index (κ2) is 10.9. The van der Waals surface area contributed by atoms with Crippen LogP contribution >= 0.6 is 11.8 Å². The maximum absolute atomic E-state index is 12.8. The van der Waals surface area contributed by atoms with Gasteiger partial charge in [-0.3, -0.25) is 19.3 Å². The van der Waals surface area contributed by atoms with E-state index in [1.807, 2.05) is 32.9 Å². The number of carbonyl (C=O) groups is 3. The molecule has 0 atom stereocenters. The second-order valence-corrected chi connectivity index (χ2v) is 8.35. The lowest BCUT2D eigenvalue weighted by molar-refractivity contribution is -0.127. The summed E-state index contributed by atoms with van der Waals surface area (Å²) in [5.74, 6) is 0.138. The number of amides is 3. The van der Waals surface area contributed by atoms with Crippen LogP contribution in [0.25, 0.3) is 6.08 Å². The molecule has 1 N–H and O–H groups in total. The summed E-state index contributed by atoms with van der Waals surface area (Å²) >= 11 is 0.800. The highest BCUT2D eigenvalue weighted by molar-refractivity contribution is 8.18. The van der Waals surface area contributed by atoms with E-state index in [1.165, 1.54) is 0 Å². The van der Waals surface area contributed by atoms with Crippen LogP contribution in [-0.4, -0.2) is 41.7 Å². The van der Waals surface area contributed by atoms with Crippen LogP contribution in [0, 0.1) is 13.8 Å². The number of anilines is 1. The molecule has 1 saturated heterocycles. The molecule has 2 aromatic carbocycles. The minimum atomic E-state index is -0.509. The smallest absolute Gasteiger partial charge is 0.294 e. The number of hydrogen-bond acceptors (Lipinski definition) is 6. The molecule has 0 aliphatic carbocycles. The summed E-state index contributed by atoms with van der Waals surface area (Å²) in [4.78, 5) is 38.8. The molecule has 0 saturated carbocycles. The SMILES string of the molecule is C=CCOc1ccc(/C=C2/SC(=O)N(CC(=O)Nc3ccc(C)c(C)c3)C2=O)cc1OCC. The molecule has 1 fully saturated rings. The number of aryl methyl sites for hydroxylation is 2. The molecular formula is C25H26N2O5S. The van der Waals surface area contributed by atoms with Gasteiger partial charge in [0, 0.05) is 5.69 Å². The molecule has 172 valence electrons. The van der Waals surface area contributed by atoms with Gasteiger partial charge in [0.15, 0.2) is 11.5 Å². The van der Waals surface area contributed by atoms with Crippen molar-refractivity contribution in [2.45, 2.75) is 20.8 Å². The molecule has 3 rings (SSSR count). The van der Waals surface area contributed by atoms with Crippen molar-refractivity contribution in [1.82, 2.24) is 4.90 Å². The van der Waals surface area contributed by atoms with Crippen LogP contribution in [0.5, 0.6) is 11.5 Å². The van der Waals surface area contributed by atoms with Gasteiger partial charge in [-0.25, -0.2) is 0 Å². The number of imide groups is 1. The van der Waals surface area contributed by atoms with E-state index >= 15 is 0 Å². The quantitative estimate of drug-likeness (QED) is 0.416. The molecule has 1 aliphatic rings. The zero-order chi connectivity index (χ0) is 24.0. The summed E-state index contributed by atoms with van der Waals surface area (Å²) in [6.45, 7) is 9.84. The van der Waals surface area contributed by atoms with Gasteiger partial charge in [0.05, 0.1) is 11.5 Å². The first-order valence-electron chi connectivity index (χ1n) is 10.5. The molecule has 0 aromatic heterocycles. The van der Waals surface area contributed by atoms with Gasteiger partial charge >= 0.3 is 0 Å². The third kappa shape index (κ3) is 6.04. The van der Waals surface area contributed by atoms with E-state index in [0.717, 1.165) is 27.8 Å². The van der Waals surface area contributed by atoms with E-state index in [2.05, 4.69) is 11.9 Å². The number of hydrogen-bond donors (Lipinski definition) is 1. The van der Waals surface area contributed by atoms with E-state index in [9.17, 15) is 14.4 Å². The Balaban J connectivity index is 1.72. The Morgan fingerprint density at radius 2 is 1.88 bits per heavy atom. The Kier molecular flexibility index (Phi) is 7.95. The lowest BCUT2D eigenvalue weighted by Crippen LogP contribution is -2.36. The molecule has 0 radical (unpaired) electrons. The summed E-state index contributed by atoms with van der Waals surface area (Å²) < 4.78 is 11.2. The number of rotatable bonds is 9. The Bertz CT molecular complexity index is 1130.